The van der Waals surface area contributed by atoms with Gasteiger partial charge in [0.15, 0.2) is 5.69 Å². The summed E-state index contributed by atoms with van der Waals surface area (Å²) in [7, 11) is 0. The lowest BCUT2D eigenvalue weighted by atomic mass is 10.1. The number of carbonyl (C=O) groups excluding carboxylic acids is 2. The summed E-state index contributed by atoms with van der Waals surface area (Å²) in [5, 5.41) is 5.78. The normalized spacial score (nSPS) is 11.4. The maximum atomic E-state index is 12.7. The Hall–Kier alpha value is -3.15. The van der Waals surface area contributed by atoms with Crippen LogP contribution in [0.4, 0.5) is 0 Å². The van der Waals surface area contributed by atoms with E-state index in [0.717, 1.165) is 12.0 Å². The molecule has 0 bridgehead atoms. The Bertz CT molecular complexity index is 955. The fourth-order valence-corrected chi connectivity index (χ4v) is 2.81. The maximum Gasteiger partial charge on any atom is 0.288 e. The van der Waals surface area contributed by atoms with Crippen molar-refractivity contribution in [2.45, 2.75) is 32.7 Å². The number of carbonyl (C=O) groups is 2. The van der Waals surface area contributed by atoms with Crippen LogP contribution in [0.3, 0.4) is 0 Å². The molecule has 0 saturated carbocycles. The quantitative estimate of drug-likeness (QED) is 0.731. The van der Waals surface area contributed by atoms with Crippen LogP contribution in [0.15, 0.2) is 54.7 Å². The van der Waals surface area contributed by atoms with Crippen LogP contribution in [-0.4, -0.2) is 33.3 Å². The summed E-state index contributed by atoms with van der Waals surface area (Å²) in [6.45, 7) is 6.20. The minimum absolute atomic E-state index is 0.203. The Kier molecular flexibility index (Phi) is 5.26. The van der Waals surface area contributed by atoms with Crippen molar-refractivity contribution in [3.05, 3.63) is 71.8 Å². The van der Waals surface area contributed by atoms with Crippen LogP contribution in [0.25, 0.3) is 5.52 Å². The third-order valence-corrected chi connectivity index (χ3v) is 4.00. The van der Waals surface area contributed by atoms with Crippen molar-refractivity contribution in [2.75, 3.05) is 6.54 Å². The predicted molar refractivity (Wildman–Crippen MR) is 105 cm³/mol. The molecule has 3 rings (SSSR count). The molecule has 0 fully saturated rings. The summed E-state index contributed by atoms with van der Waals surface area (Å²) in [5.41, 5.74) is 1.62. The fourth-order valence-electron chi connectivity index (χ4n) is 2.81. The first kappa shape index (κ1) is 18.6. The number of benzene rings is 1. The molecule has 2 N–H and O–H groups in total. The van der Waals surface area contributed by atoms with E-state index in [1.165, 1.54) is 0 Å². The molecule has 0 saturated heterocycles. The number of pyridine rings is 1. The van der Waals surface area contributed by atoms with Gasteiger partial charge in [0.05, 0.1) is 5.52 Å². The average molecular weight is 364 g/mol. The second kappa shape index (κ2) is 7.61. The molecule has 0 atom stereocenters. The van der Waals surface area contributed by atoms with Gasteiger partial charge in [0.2, 0.25) is 5.82 Å². The van der Waals surface area contributed by atoms with E-state index >= 15 is 0 Å². The summed E-state index contributed by atoms with van der Waals surface area (Å²) < 4.78 is 1.65. The first-order chi connectivity index (χ1) is 12.8. The van der Waals surface area contributed by atoms with Gasteiger partial charge in [-0.3, -0.25) is 14.0 Å². The van der Waals surface area contributed by atoms with E-state index in [1.807, 2.05) is 57.2 Å². The Morgan fingerprint density at radius 3 is 2.41 bits per heavy atom. The van der Waals surface area contributed by atoms with Crippen molar-refractivity contribution in [3.8, 4) is 0 Å². The van der Waals surface area contributed by atoms with Crippen molar-refractivity contribution in [2.24, 2.45) is 0 Å². The molecular weight excluding hydrogens is 340 g/mol. The largest absolute Gasteiger partial charge is 0.350 e. The number of rotatable bonds is 5. The average Bonchev–Trinajstić information content (AvgIpc) is 3.01. The highest BCUT2D eigenvalue weighted by atomic mass is 16.2. The van der Waals surface area contributed by atoms with Crippen LogP contribution < -0.4 is 10.6 Å². The highest BCUT2D eigenvalue weighted by molar-refractivity contribution is 6.02. The molecule has 2 aromatic heterocycles. The van der Waals surface area contributed by atoms with E-state index in [-0.39, 0.29) is 23.3 Å². The van der Waals surface area contributed by atoms with Crippen LogP contribution in [0, 0.1) is 0 Å². The number of hydrogen-bond acceptors (Lipinski definition) is 3. The second-order valence-corrected chi connectivity index (χ2v) is 7.44. The van der Waals surface area contributed by atoms with E-state index in [0.29, 0.717) is 12.1 Å². The zero-order valence-electron chi connectivity index (χ0n) is 15.8. The van der Waals surface area contributed by atoms with Gasteiger partial charge in [-0.1, -0.05) is 36.4 Å². The minimum atomic E-state index is -0.393. The molecule has 2 heterocycles. The van der Waals surface area contributed by atoms with Gasteiger partial charge in [0.1, 0.15) is 0 Å². The van der Waals surface area contributed by atoms with Gasteiger partial charge in [-0.2, -0.15) is 0 Å². The SMILES string of the molecule is CC(C)(C)NC(=O)c1nc(C(=O)NCCc2ccccc2)c2ccccn12. The number of aromatic nitrogens is 2. The van der Waals surface area contributed by atoms with Crippen LogP contribution in [0.1, 0.15) is 47.4 Å². The van der Waals surface area contributed by atoms with Gasteiger partial charge < -0.3 is 10.6 Å². The number of hydrogen-bond donors (Lipinski definition) is 2. The third kappa shape index (κ3) is 4.53. The van der Waals surface area contributed by atoms with Crippen molar-refractivity contribution >= 4 is 17.3 Å². The zero-order chi connectivity index (χ0) is 19.4. The molecule has 140 valence electrons. The molecule has 2 amide bonds. The molecule has 6 heteroatoms. The van der Waals surface area contributed by atoms with Crippen molar-refractivity contribution in [1.29, 1.82) is 0 Å². The lowest BCUT2D eigenvalue weighted by Gasteiger charge is -2.19. The monoisotopic (exact) mass is 364 g/mol. The lowest BCUT2D eigenvalue weighted by Crippen LogP contribution is -2.41. The third-order valence-electron chi connectivity index (χ3n) is 4.00. The number of nitrogens with one attached hydrogen (secondary N) is 2. The van der Waals surface area contributed by atoms with Crippen molar-refractivity contribution in [3.63, 3.8) is 0 Å². The molecular formula is C21H24N4O2. The van der Waals surface area contributed by atoms with Gasteiger partial charge in [0.25, 0.3) is 11.8 Å². The predicted octanol–water partition coefficient (Wildman–Crippen LogP) is 2.84. The topological polar surface area (TPSA) is 75.5 Å². The van der Waals surface area contributed by atoms with E-state index < -0.39 is 5.54 Å². The number of imidazole rings is 1. The van der Waals surface area contributed by atoms with Crippen LogP contribution in [0.2, 0.25) is 0 Å². The first-order valence-electron chi connectivity index (χ1n) is 8.97. The highest BCUT2D eigenvalue weighted by Crippen LogP contribution is 2.14. The van der Waals surface area contributed by atoms with Gasteiger partial charge in [-0.25, -0.2) is 4.98 Å². The van der Waals surface area contributed by atoms with Gasteiger partial charge >= 0.3 is 0 Å². The molecule has 3 aromatic rings. The van der Waals surface area contributed by atoms with E-state index in [1.54, 1.807) is 22.7 Å². The number of amides is 2. The van der Waals surface area contributed by atoms with Gasteiger partial charge in [0, 0.05) is 18.3 Å². The van der Waals surface area contributed by atoms with E-state index in [9.17, 15) is 9.59 Å². The minimum Gasteiger partial charge on any atom is -0.350 e. The number of fused-ring (bicyclic) bond motifs is 1. The van der Waals surface area contributed by atoms with Crippen LogP contribution in [0.5, 0.6) is 0 Å². The molecule has 0 spiro atoms. The van der Waals surface area contributed by atoms with Crippen LogP contribution in [-0.2, 0) is 6.42 Å². The highest BCUT2D eigenvalue weighted by Gasteiger charge is 2.23. The lowest BCUT2D eigenvalue weighted by molar-refractivity contribution is 0.0908. The molecule has 0 aliphatic carbocycles. The number of nitrogens with zero attached hydrogens (tertiary/aromatic N) is 2. The second-order valence-electron chi connectivity index (χ2n) is 7.44. The fraction of sp³-hybridized carbons (Fsp3) is 0.286. The molecule has 1 aromatic carbocycles. The molecule has 0 aliphatic rings. The molecule has 6 nitrogen and oxygen atoms in total. The van der Waals surface area contributed by atoms with Gasteiger partial charge in [-0.05, 0) is 44.9 Å². The molecule has 0 radical (unpaired) electrons. The molecule has 0 aliphatic heterocycles. The Morgan fingerprint density at radius 1 is 1.00 bits per heavy atom. The summed E-state index contributed by atoms with van der Waals surface area (Å²) in [6, 6.07) is 15.4. The van der Waals surface area contributed by atoms with E-state index in [2.05, 4.69) is 15.6 Å². The molecule has 0 unspecified atom stereocenters. The summed E-state index contributed by atoms with van der Waals surface area (Å²) in [5.74, 6) is -0.398. The van der Waals surface area contributed by atoms with Gasteiger partial charge in [-0.15, -0.1) is 0 Å². The first-order valence-corrected chi connectivity index (χ1v) is 8.97. The molecule has 27 heavy (non-hydrogen) atoms. The van der Waals surface area contributed by atoms with E-state index in [4.69, 9.17) is 0 Å². The van der Waals surface area contributed by atoms with Crippen LogP contribution >= 0.6 is 0 Å². The van der Waals surface area contributed by atoms with Crippen molar-refractivity contribution in [1.82, 2.24) is 20.0 Å². The Balaban J connectivity index is 1.79. The summed E-state index contributed by atoms with van der Waals surface area (Å²) >= 11 is 0. The maximum absolute atomic E-state index is 12.7. The summed E-state index contributed by atoms with van der Waals surface area (Å²) in [6.07, 6.45) is 2.47. The Labute approximate surface area is 158 Å². The zero-order valence-corrected chi connectivity index (χ0v) is 15.8. The Morgan fingerprint density at radius 2 is 1.70 bits per heavy atom. The standard InChI is InChI=1S/C21H24N4O2/c1-21(2,3)24-20(27)18-23-17(16-11-7-8-14-25(16)18)19(26)22-13-12-15-9-5-4-6-10-15/h4-11,14H,12-13H2,1-3H3,(H,22,26)(H,24,27). The van der Waals surface area contributed by atoms with Crippen molar-refractivity contribution < 1.29 is 9.59 Å². The smallest absolute Gasteiger partial charge is 0.288 e. The summed E-state index contributed by atoms with van der Waals surface area (Å²) in [4.78, 5) is 29.6.